The van der Waals surface area contributed by atoms with Crippen molar-refractivity contribution in [3.05, 3.63) is 0 Å². The van der Waals surface area contributed by atoms with Gasteiger partial charge in [-0.25, -0.2) is 0 Å². The first-order valence-corrected chi connectivity index (χ1v) is 5.12. The zero-order valence-electron chi connectivity index (χ0n) is 8.82. The smallest absolute Gasteiger partial charge is 0.0753 e. The Morgan fingerprint density at radius 2 is 2.15 bits per heavy atom. The SMILES string of the molecule is CC(C)OCC(N)C1CCC(C)O1. The Kier molecular flexibility index (Phi) is 4.16. The van der Waals surface area contributed by atoms with Gasteiger partial charge in [0.25, 0.3) is 0 Å². The van der Waals surface area contributed by atoms with Gasteiger partial charge in [0.15, 0.2) is 0 Å². The van der Waals surface area contributed by atoms with Crippen LogP contribution in [0, 0.1) is 0 Å². The molecular weight excluding hydrogens is 166 g/mol. The highest BCUT2D eigenvalue weighted by atomic mass is 16.5. The summed E-state index contributed by atoms with van der Waals surface area (Å²) in [5.41, 5.74) is 5.94. The van der Waals surface area contributed by atoms with Gasteiger partial charge in [0, 0.05) is 0 Å². The molecule has 78 valence electrons. The summed E-state index contributed by atoms with van der Waals surface area (Å²) in [5, 5.41) is 0. The van der Waals surface area contributed by atoms with E-state index in [9.17, 15) is 0 Å². The zero-order valence-corrected chi connectivity index (χ0v) is 8.82. The van der Waals surface area contributed by atoms with Gasteiger partial charge in [0.1, 0.15) is 0 Å². The Hall–Kier alpha value is -0.120. The lowest BCUT2D eigenvalue weighted by Gasteiger charge is -2.20. The van der Waals surface area contributed by atoms with Crippen molar-refractivity contribution in [3.8, 4) is 0 Å². The third-order valence-electron chi connectivity index (χ3n) is 2.36. The van der Waals surface area contributed by atoms with Crippen LogP contribution in [-0.2, 0) is 9.47 Å². The standard InChI is InChI=1S/C10H21NO2/c1-7(2)12-6-9(11)10-5-4-8(3)13-10/h7-10H,4-6,11H2,1-3H3. The lowest BCUT2D eigenvalue weighted by Crippen LogP contribution is -2.39. The minimum absolute atomic E-state index is 0.0346. The molecular formula is C10H21NO2. The molecule has 3 nitrogen and oxygen atoms in total. The van der Waals surface area contributed by atoms with Gasteiger partial charge >= 0.3 is 0 Å². The van der Waals surface area contributed by atoms with Crippen LogP contribution in [0.15, 0.2) is 0 Å². The van der Waals surface area contributed by atoms with Gasteiger partial charge in [-0.15, -0.1) is 0 Å². The summed E-state index contributed by atoms with van der Waals surface area (Å²) in [5.74, 6) is 0. The fourth-order valence-corrected chi connectivity index (χ4v) is 1.56. The van der Waals surface area contributed by atoms with E-state index in [1.54, 1.807) is 0 Å². The van der Waals surface area contributed by atoms with E-state index in [0.717, 1.165) is 12.8 Å². The van der Waals surface area contributed by atoms with E-state index in [2.05, 4.69) is 6.92 Å². The van der Waals surface area contributed by atoms with Crippen LogP contribution in [0.5, 0.6) is 0 Å². The molecule has 3 unspecified atom stereocenters. The Morgan fingerprint density at radius 1 is 1.46 bits per heavy atom. The first-order chi connectivity index (χ1) is 6.09. The lowest BCUT2D eigenvalue weighted by atomic mass is 10.1. The van der Waals surface area contributed by atoms with E-state index in [4.69, 9.17) is 15.2 Å². The summed E-state index contributed by atoms with van der Waals surface area (Å²) < 4.78 is 11.1. The second kappa shape index (κ2) is 4.94. The molecule has 1 heterocycles. The molecule has 3 atom stereocenters. The number of ether oxygens (including phenoxy) is 2. The minimum atomic E-state index is 0.0346. The van der Waals surface area contributed by atoms with E-state index in [1.807, 2.05) is 13.8 Å². The molecule has 1 fully saturated rings. The third kappa shape index (κ3) is 3.63. The molecule has 1 aliphatic heterocycles. The number of rotatable bonds is 4. The predicted octanol–water partition coefficient (Wildman–Crippen LogP) is 1.31. The van der Waals surface area contributed by atoms with Crippen molar-refractivity contribution in [2.75, 3.05) is 6.61 Å². The topological polar surface area (TPSA) is 44.5 Å². The number of nitrogens with two attached hydrogens (primary N) is 1. The van der Waals surface area contributed by atoms with Gasteiger partial charge in [-0.05, 0) is 33.6 Å². The van der Waals surface area contributed by atoms with E-state index >= 15 is 0 Å². The van der Waals surface area contributed by atoms with Crippen LogP contribution in [0.4, 0.5) is 0 Å². The van der Waals surface area contributed by atoms with Crippen LogP contribution in [0.25, 0.3) is 0 Å². The van der Waals surface area contributed by atoms with Gasteiger partial charge in [0.05, 0.1) is 31.0 Å². The van der Waals surface area contributed by atoms with Gasteiger partial charge < -0.3 is 15.2 Å². The minimum Gasteiger partial charge on any atom is -0.377 e. The molecule has 0 radical (unpaired) electrons. The maximum absolute atomic E-state index is 5.94. The van der Waals surface area contributed by atoms with E-state index in [-0.39, 0.29) is 18.2 Å². The maximum Gasteiger partial charge on any atom is 0.0753 e. The monoisotopic (exact) mass is 187 g/mol. The molecule has 0 amide bonds. The third-order valence-corrected chi connectivity index (χ3v) is 2.36. The highest BCUT2D eigenvalue weighted by Gasteiger charge is 2.27. The van der Waals surface area contributed by atoms with Gasteiger partial charge in [-0.1, -0.05) is 0 Å². The lowest BCUT2D eigenvalue weighted by molar-refractivity contribution is -0.00135. The Morgan fingerprint density at radius 3 is 2.62 bits per heavy atom. The zero-order chi connectivity index (χ0) is 9.84. The Labute approximate surface area is 80.6 Å². The summed E-state index contributed by atoms with van der Waals surface area (Å²) >= 11 is 0. The molecule has 0 saturated carbocycles. The molecule has 1 saturated heterocycles. The second-order valence-electron chi connectivity index (χ2n) is 4.11. The normalized spacial score (nSPS) is 31.2. The van der Waals surface area contributed by atoms with Crippen LogP contribution in [0.2, 0.25) is 0 Å². The molecule has 13 heavy (non-hydrogen) atoms. The van der Waals surface area contributed by atoms with Crippen LogP contribution in [-0.4, -0.2) is 31.0 Å². The fraction of sp³-hybridized carbons (Fsp3) is 1.00. The van der Waals surface area contributed by atoms with Crippen LogP contribution >= 0.6 is 0 Å². The molecule has 2 N–H and O–H groups in total. The van der Waals surface area contributed by atoms with Crippen LogP contribution < -0.4 is 5.73 Å². The molecule has 1 aliphatic rings. The molecule has 0 aliphatic carbocycles. The summed E-state index contributed by atoms with van der Waals surface area (Å²) in [6.07, 6.45) is 3.03. The van der Waals surface area contributed by atoms with Crippen LogP contribution in [0.1, 0.15) is 33.6 Å². The molecule has 0 bridgehead atoms. The second-order valence-corrected chi connectivity index (χ2v) is 4.11. The highest BCUT2D eigenvalue weighted by Crippen LogP contribution is 2.21. The largest absolute Gasteiger partial charge is 0.377 e. The van der Waals surface area contributed by atoms with Crippen molar-refractivity contribution in [2.24, 2.45) is 5.73 Å². The fourth-order valence-electron chi connectivity index (χ4n) is 1.56. The van der Waals surface area contributed by atoms with Crippen LogP contribution in [0.3, 0.4) is 0 Å². The molecule has 0 aromatic carbocycles. The first kappa shape index (κ1) is 11.0. The van der Waals surface area contributed by atoms with E-state index in [0.29, 0.717) is 12.7 Å². The average Bonchev–Trinajstić information content (AvgIpc) is 2.47. The molecule has 1 rings (SSSR count). The summed E-state index contributed by atoms with van der Waals surface area (Å²) in [6, 6.07) is 0.0346. The molecule has 0 aromatic rings. The van der Waals surface area contributed by atoms with Gasteiger partial charge in [0.2, 0.25) is 0 Å². The maximum atomic E-state index is 5.94. The molecule has 0 aromatic heterocycles. The highest BCUT2D eigenvalue weighted by molar-refractivity contribution is 4.80. The van der Waals surface area contributed by atoms with Crippen molar-refractivity contribution in [1.82, 2.24) is 0 Å². The number of hydrogen-bond donors (Lipinski definition) is 1. The van der Waals surface area contributed by atoms with Gasteiger partial charge in [-0.2, -0.15) is 0 Å². The molecule has 0 spiro atoms. The van der Waals surface area contributed by atoms with Crippen molar-refractivity contribution in [1.29, 1.82) is 0 Å². The quantitative estimate of drug-likeness (QED) is 0.721. The van der Waals surface area contributed by atoms with Crippen molar-refractivity contribution < 1.29 is 9.47 Å². The van der Waals surface area contributed by atoms with Crippen molar-refractivity contribution in [2.45, 2.75) is 58.0 Å². The Bertz CT molecular complexity index is 150. The Balaban J connectivity index is 2.19. The number of hydrogen-bond acceptors (Lipinski definition) is 3. The van der Waals surface area contributed by atoms with Crippen molar-refractivity contribution >= 4 is 0 Å². The predicted molar refractivity (Wildman–Crippen MR) is 52.6 cm³/mol. The summed E-state index contributed by atoms with van der Waals surface area (Å²) in [6.45, 7) is 6.74. The molecule has 3 heteroatoms. The van der Waals surface area contributed by atoms with E-state index in [1.165, 1.54) is 0 Å². The first-order valence-electron chi connectivity index (χ1n) is 5.12. The average molecular weight is 187 g/mol. The van der Waals surface area contributed by atoms with Crippen molar-refractivity contribution in [3.63, 3.8) is 0 Å². The summed E-state index contributed by atoms with van der Waals surface area (Å²) in [7, 11) is 0. The van der Waals surface area contributed by atoms with Gasteiger partial charge in [-0.3, -0.25) is 0 Å². The summed E-state index contributed by atoms with van der Waals surface area (Å²) in [4.78, 5) is 0. The van der Waals surface area contributed by atoms with E-state index < -0.39 is 0 Å².